The third-order valence-corrected chi connectivity index (χ3v) is 2.84. The first-order chi connectivity index (χ1) is 8.61. The molecule has 0 bridgehead atoms. The molecule has 1 heterocycles. The molecule has 4 nitrogen and oxygen atoms in total. The van der Waals surface area contributed by atoms with Gasteiger partial charge in [-0.2, -0.15) is 5.10 Å². The van der Waals surface area contributed by atoms with E-state index >= 15 is 0 Å². The fraction of sp³-hybridized carbons (Fsp3) is 0.308. The van der Waals surface area contributed by atoms with E-state index in [1.807, 2.05) is 19.9 Å². The minimum atomic E-state index is -0.361. The van der Waals surface area contributed by atoms with Gasteiger partial charge in [-0.1, -0.05) is 0 Å². The molecule has 0 saturated carbocycles. The van der Waals surface area contributed by atoms with Crippen LogP contribution >= 0.6 is 0 Å². The fourth-order valence-corrected chi connectivity index (χ4v) is 1.88. The van der Waals surface area contributed by atoms with Crippen LogP contribution in [0.2, 0.25) is 0 Å². The number of phenols is 1. The molecule has 0 saturated heterocycles. The van der Waals surface area contributed by atoms with E-state index in [1.54, 1.807) is 10.9 Å². The summed E-state index contributed by atoms with van der Waals surface area (Å²) in [5.74, 6) is 0.563. The van der Waals surface area contributed by atoms with Crippen LogP contribution in [0.4, 0.5) is 10.2 Å². The Morgan fingerprint density at radius 3 is 2.94 bits per heavy atom. The molecule has 0 radical (unpaired) electrons. The Balaban J connectivity index is 2.21. The van der Waals surface area contributed by atoms with Gasteiger partial charge in [0.25, 0.3) is 0 Å². The summed E-state index contributed by atoms with van der Waals surface area (Å²) in [5.41, 5.74) is 0.527. The summed E-state index contributed by atoms with van der Waals surface area (Å²) < 4.78 is 15.0. The maximum Gasteiger partial charge on any atom is 0.124 e. The van der Waals surface area contributed by atoms with Crippen molar-refractivity contribution in [2.45, 2.75) is 26.4 Å². The van der Waals surface area contributed by atoms with E-state index in [-0.39, 0.29) is 17.6 Å². The molecule has 0 amide bonds. The Labute approximate surface area is 105 Å². The van der Waals surface area contributed by atoms with Gasteiger partial charge in [0.05, 0.1) is 12.2 Å². The number of anilines is 1. The molecule has 1 aromatic heterocycles. The fourth-order valence-electron chi connectivity index (χ4n) is 1.88. The van der Waals surface area contributed by atoms with Gasteiger partial charge in [0.15, 0.2) is 0 Å². The Kier molecular flexibility index (Phi) is 3.50. The smallest absolute Gasteiger partial charge is 0.124 e. The topological polar surface area (TPSA) is 50.1 Å². The summed E-state index contributed by atoms with van der Waals surface area (Å²) >= 11 is 0. The summed E-state index contributed by atoms with van der Waals surface area (Å²) in [4.78, 5) is 0. The number of aryl methyl sites for hydroxylation is 1. The number of hydrogen-bond donors (Lipinski definition) is 2. The van der Waals surface area contributed by atoms with Crippen LogP contribution in [0.25, 0.3) is 0 Å². The molecule has 0 aliphatic rings. The van der Waals surface area contributed by atoms with E-state index in [0.717, 1.165) is 12.4 Å². The molecule has 0 aliphatic carbocycles. The monoisotopic (exact) mass is 249 g/mol. The summed E-state index contributed by atoms with van der Waals surface area (Å²) in [6, 6.07) is 5.57. The number of aromatic hydroxyl groups is 1. The van der Waals surface area contributed by atoms with Crippen LogP contribution in [0.15, 0.2) is 30.5 Å². The third kappa shape index (κ3) is 2.45. The van der Waals surface area contributed by atoms with E-state index in [4.69, 9.17) is 0 Å². The molecule has 1 atom stereocenters. The number of hydrogen-bond acceptors (Lipinski definition) is 3. The van der Waals surface area contributed by atoms with Crippen LogP contribution in [0.1, 0.15) is 25.5 Å². The number of halogens is 1. The van der Waals surface area contributed by atoms with Crippen molar-refractivity contribution in [2.24, 2.45) is 0 Å². The predicted octanol–water partition coefficient (Wildman–Crippen LogP) is 2.92. The second-order valence-electron chi connectivity index (χ2n) is 4.10. The van der Waals surface area contributed by atoms with E-state index in [1.165, 1.54) is 18.2 Å². The molecular weight excluding hydrogens is 233 g/mol. The molecule has 2 aromatic rings. The normalized spacial score (nSPS) is 12.4. The number of nitrogens with zero attached hydrogens (tertiary/aromatic N) is 2. The lowest BCUT2D eigenvalue weighted by Crippen LogP contribution is -2.11. The van der Waals surface area contributed by atoms with Crippen molar-refractivity contribution in [1.29, 1.82) is 0 Å². The minimum absolute atomic E-state index is 0.0824. The highest BCUT2D eigenvalue weighted by atomic mass is 19.1. The molecule has 1 aromatic carbocycles. The Bertz CT molecular complexity index is 539. The largest absolute Gasteiger partial charge is 0.508 e. The van der Waals surface area contributed by atoms with Crippen molar-refractivity contribution in [2.75, 3.05) is 5.32 Å². The number of aromatic nitrogens is 2. The predicted molar refractivity (Wildman–Crippen MR) is 68.0 cm³/mol. The molecule has 0 fully saturated rings. The van der Waals surface area contributed by atoms with Crippen molar-refractivity contribution in [1.82, 2.24) is 9.78 Å². The van der Waals surface area contributed by atoms with E-state index in [2.05, 4.69) is 10.4 Å². The van der Waals surface area contributed by atoms with Crippen LogP contribution in [0, 0.1) is 5.82 Å². The van der Waals surface area contributed by atoms with Gasteiger partial charge in [0.1, 0.15) is 17.4 Å². The average Bonchev–Trinajstić information content (AvgIpc) is 2.79. The summed E-state index contributed by atoms with van der Waals surface area (Å²) in [7, 11) is 0. The van der Waals surface area contributed by atoms with Crippen molar-refractivity contribution in [3.63, 3.8) is 0 Å². The Morgan fingerprint density at radius 1 is 1.44 bits per heavy atom. The lowest BCUT2D eigenvalue weighted by Gasteiger charge is -2.17. The lowest BCUT2D eigenvalue weighted by atomic mass is 10.1. The van der Waals surface area contributed by atoms with Gasteiger partial charge in [-0.15, -0.1) is 0 Å². The summed E-state index contributed by atoms with van der Waals surface area (Å²) in [5, 5.41) is 17.1. The molecule has 5 heteroatoms. The number of rotatable bonds is 4. The van der Waals surface area contributed by atoms with Crippen LogP contribution < -0.4 is 5.32 Å². The van der Waals surface area contributed by atoms with Crippen LogP contribution in [0.5, 0.6) is 5.75 Å². The molecule has 1 unspecified atom stereocenters. The SMILES string of the molecule is CCn1nccc1NC(C)c1cc(F)ccc1O. The average molecular weight is 249 g/mol. The van der Waals surface area contributed by atoms with Crippen LogP contribution in [-0.2, 0) is 6.54 Å². The quantitative estimate of drug-likeness (QED) is 0.876. The first-order valence-corrected chi connectivity index (χ1v) is 5.88. The Hall–Kier alpha value is -2.04. The standard InChI is InChI=1S/C13H16FN3O/c1-3-17-13(6-7-15-17)16-9(2)11-8-10(14)4-5-12(11)18/h4-9,16,18H,3H2,1-2H3. The zero-order chi connectivity index (χ0) is 13.1. The first kappa shape index (κ1) is 12.4. The molecule has 18 heavy (non-hydrogen) atoms. The van der Waals surface area contributed by atoms with Crippen molar-refractivity contribution in [3.05, 3.63) is 41.8 Å². The zero-order valence-corrected chi connectivity index (χ0v) is 10.4. The highest BCUT2D eigenvalue weighted by molar-refractivity contribution is 5.42. The minimum Gasteiger partial charge on any atom is -0.508 e. The summed E-state index contributed by atoms with van der Waals surface area (Å²) in [6.45, 7) is 4.60. The summed E-state index contributed by atoms with van der Waals surface area (Å²) in [6.07, 6.45) is 1.70. The van der Waals surface area contributed by atoms with Gasteiger partial charge >= 0.3 is 0 Å². The second-order valence-corrected chi connectivity index (χ2v) is 4.10. The van der Waals surface area contributed by atoms with Crippen LogP contribution in [0.3, 0.4) is 0 Å². The molecule has 0 spiro atoms. The maximum atomic E-state index is 13.2. The third-order valence-electron chi connectivity index (χ3n) is 2.84. The Morgan fingerprint density at radius 2 is 2.22 bits per heavy atom. The van der Waals surface area contributed by atoms with Gasteiger partial charge in [0, 0.05) is 18.2 Å². The van der Waals surface area contributed by atoms with E-state index < -0.39 is 0 Å². The van der Waals surface area contributed by atoms with Crippen molar-refractivity contribution in [3.8, 4) is 5.75 Å². The molecule has 2 N–H and O–H groups in total. The van der Waals surface area contributed by atoms with Crippen molar-refractivity contribution < 1.29 is 9.50 Å². The van der Waals surface area contributed by atoms with E-state index in [0.29, 0.717) is 5.56 Å². The number of benzene rings is 1. The molecule has 96 valence electrons. The lowest BCUT2D eigenvalue weighted by molar-refractivity contribution is 0.462. The number of nitrogens with one attached hydrogen (secondary N) is 1. The van der Waals surface area contributed by atoms with Gasteiger partial charge < -0.3 is 10.4 Å². The maximum absolute atomic E-state index is 13.2. The highest BCUT2D eigenvalue weighted by Crippen LogP contribution is 2.27. The number of phenolic OH excluding ortho intramolecular Hbond substituents is 1. The van der Waals surface area contributed by atoms with Gasteiger partial charge in [0.2, 0.25) is 0 Å². The van der Waals surface area contributed by atoms with E-state index in [9.17, 15) is 9.50 Å². The zero-order valence-electron chi connectivity index (χ0n) is 10.4. The van der Waals surface area contributed by atoms with Gasteiger partial charge in [-0.3, -0.25) is 4.68 Å². The first-order valence-electron chi connectivity index (χ1n) is 5.88. The van der Waals surface area contributed by atoms with Crippen LogP contribution in [-0.4, -0.2) is 14.9 Å². The highest BCUT2D eigenvalue weighted by Gasteiger charge is 2.13. The molecule has 0 aliphatic heterocycles. The van der Waals surface area contributed by atoms with Gasteiger partial charge in [-0.25, -0.2) is 4.39 Å². The molecule has 2 rings (SSSR count). The van der Waals surface area contributed by atoms with Gasteiger partial charge in [-0.05, 0) is 32.0 Å². The molecular formula is C13H16FN3O. The van der Waals surface area contributed by atoms with Crippen molar-refractivity contribution >= 4 is 5.82 Å². The second kappa shape index (κ2) is 5.08.